The maximum atomic E-state index is 13.2. The van der Waals surface area contributed by atoms with Crippen molar-refractivity contribution in [3.05, 3.63) is 74.4 Å². The molecule has 1 saturated heterocycles. The fraction of sp³-hybridized carbons (Fsp3) is 0.300. The first-order valence-corrected chi connectivity index (χ1v) is 9.18. The Hall–Kier alpha value is -3.29. The van der Waals surface area contributed by atoms with Gasteiger partial charge in [0.25, 0.3) is 5.56 Å². The molecular weight excluding hydrogens is 361 g/mol. The lowest BCUT2D eigenvalue weighted by molar-refractivity contribution is 0.508. The molecule has 1 fully saturated rings. The Morgan fingerprint density at radius 2 is 1.96 bits per heavy atom. The van der Waals surface area contributed by atoms with E-state index in [-0.39, 0.29) is 11.4 Å². The maximum absolute atomic E-state index is 13.2. The molecule has 3 heterocycles. The van der Waals surface area contributed by atoms with Gasteiger partial charge in [0.05, 0.1) is 16.9 Å². The predicted octanol–water partition coefficient (Wildman–Crippen LogP) is 2.35. The average molecular weight is 381 g/mol. The van der Waals surface area contributed by atoms with E-state index in [0.717, 1.165) is 42.9 Å². The molecule has 1 atom stereocenters. The molecule has 2 N–H and O–H groups in total. The summed E-state index contributed by atoms with van der Waals surface area (Å²) >= 11 is 0. The molecule has 0 bridgehead atoms. The van der Waals surface area contributed by atoms with Crippen molar-refractivity contribution in [3.63, 3.8) is 0 Å². The number of piperidine rings is 1. The van der Waals surface area contributed by atoms with Gasteiger partial charge in [-0.2, -0.15) is 5.10 Å². The van der Waals surface area contributed by atoms with E-state index in [1.807, 2.05) is 25.1 Å². The Labute approximate surface area is 160 Å². The summed E-state index contributed by atoms with van der Waals surface area (Å²) in [6.45, 7) is 3.52. The van der Waals surface area contributed by atoms with Crippen LogP contribution in [0.3, 0.4) is 0 Å². The van der Waals surface area contributed by atoms with E-state index in [4.69, 9.17) is 0 Å². The van der Waals surface area contributed by atoms with Gasteiger partial charge < -0.3 is 9.88 Å². The monoisotopic (exact) mass is 381 g/mol. The lowest BCUT2D eigenvalue weighted by Gasteiger charge is -2.35. The molecule has 7 nitrogen and oxygen atoms in total. The number of rotatable bonds is 3. The lowest BCUT2D eigenvalue weighted by Crippen LogP contribution is -2.35. The zero-order valence-electron chi connectivity index (χ0n) is 15.4. The van der Waals surface area contributed by atoms with E-state index in [1.54, 1.807) is 0 Å². The lowest BCUT2D eigenvalue weighted by atomic mass is 9.90. The number of halogens is 1. The SMILES string of the molecule is Cc1nnc(-c2c[nH]c(=O)[nH]c2=O)cc1N1CCC[C@H](c2ccc(F)cc2)C1. The van der Waals surface area contributed by atoms with Gasteiger partial charge in [0.2, 0.25) is 0 Å². The minimum Gasteiger partial charge on any atom is -0.369 e. The third-order valence-corrected chi connectivity index (χ3v) is 5.15. The summed E-state index contributed by atoms with van der Waals surface area (Å²) in [6.07, 6.45) is 3.38. The molecule has 0 amide bonds. The van der Waals surface area contributed by atoms with Crippen molar-refractivity contribution in [1.29, 1.82) is 0 Å². The largest absolute Gasteiger partial charge is 0.369 e. The third kappa shape index (κ3) is 3.58. The summed E-state index contributed by atoms with van der Waals surface area (Å²) in [5.74, 6) is 0.0585. The Morgan fingerprint density at radius 1 is 1.18 bits per heavy atom. The van der Waals surface area contributed by atoms with Crippen molar-refractivity contribution in [1.82, 2.24) is 20.2 Å². The van der Waals surface area contributed by atoms with Crippen LogP contribution in [-0.2, 0) is 0 Å². The van der Waals surface area contributed by atoms with E-state index in [9.17, 15) is 14.0 Å². The van der Waals surface area contributed by atoms with E-state index in [2.05, 4.69) is 25.1 Å². The first kappa shape index (κ1) is 18.1. The highest BCUT2D eigenvalue weighted by Crippen LogP contribution is 2.32. The second kappa shape index (κ2) is 7.38. The van der Waals surface area contributed by atoms with Gasteiger partial charge in [0, 0.05) is 25.2 Å². The number of nitrogens with zero attached hydrogens (tertiary/aromatic N) is 3. The summed E-state index contributed by atoms with van der Waals surface area (Å²) in [6, 6.07) is 8.50. The van der Waals surface area contributed by atoms with Gasteiger partial charge in [-0.1, -0.05) is 12.1 Å². The van der Waals surface area contributed by atoms with E-state index in [0.29, 0.717) is 11.6 Å². The summed E-state index contributed by atoms with van der Waals surface area (Å²) in [7, 11) is 0. The maximum Gasteiger partial charge on any atom is 0.325 e. The van der Waals surface area contributed by atoms with Crippen LogP contribution in [0.2, 0.25) is 0 Å². The van der Waals surface area contributed by atoms with Crippen molar-refractivity contribution in [2.24, 2.45) is 0 Å². The van der Waals surface area contributed by atoms with Crippen LogP contribution in [0.25, 0.3) is 11.3 Å². The number of aromatic amines is 2. The quantitative estimate of drug-likeness (QED) is 0.726. The number of aromatic nitrogens is 4. The fourth-order valence-corrected chi connectivity index (χ4v) is 3.70. The number of nitrogens with one attached hydrogen (secondary N) is 2. The summed E-state index contributed by atoms with van der Waals surface area (Å²) in [4.78, 5) is 30.2. The smallest absolute Gasteiger partial charge is 0.325 e. The van der Waals surface area contributed by atoms with Crippen LogP contribution >= 0.6 is 0 Å². The highest BCUT2D eigenvalue weighted by atomic mass is 19.1. The Balaban J connectivity index is 1.65. The highest BCUT2D eigenvalue weighted by molar-refractivity contribution is 5.64. The highest BCUT2D eigenvalue weighted by Gasteiger charge is 2.24. The van der Waals surface area contributed by atoms with E-state index >= 15 is 0 Å². The Bertz CT molecular complexity index is 1110. The van der Waals surface area contributed by atoms with Gasteiger partial charge in [0.1, 0.15) is 11.5 Å². The Morgan fingerprint density at radius 3 is 2.71 bits per heavy atom. The second-order valence-electron chi connectivity index (χ2n) is 7.02. The van der Waals surface area contributed by atoms with Gasteiger partial charge in [-0.15, -0.1) is 5.10 Å². The zero-order chi connectivity index (χ0) is 19.7. The van der Waals surface area contributed by atoms with Crippen LogP contribution in [0, 0.1) is 12.7 Å². The standard InChI is InChI=1S/C20H20FN5O2/c1-12-18(9-17(25-24-12)16-10-22-20(28)23-19(16)27)26-8-2-3-14(11-26)13-4-6-15(21)7-5-13/h4-7,9-10,14H,2-3,8,11H2,1H3,(H2,22,23,27,28)/t14-/m0/s1. The molecule has 1 aromatic carbocycles. The minimum absolute atomic E-state index is 0.235. The van der Waals surface area contributed by atoms with Crippen LogP contribution in [0.4, 0.5) is 10.1 Å². The summed E-state index contributed by atoms with van der Waals surface area (Å²) in [5, 5.41) is 8.34. The Kier molecular flexibility index (Phi) is 4.77. The van der Waals surface area contributed by atoms with Crippen LogP contribution in [0.5, 0.6) is 0 Å². The van der Waals surface area contributed by atoms with Crippen molar-refractivity contribution in [2.45, 2.75) is 25.7 Å². The molecule has 0 unspecified atom stereocenters. The summed E-state index contributed by atoms with van der Waals surface area (Å²) < 4.78 is 13.2. The molecule has 0 saturated carbocycles. The number of anilines is 1. The average Bonchev–Trinajstić information content (AvgIpc) is 2.69. The zero-order valence-corrected chi connectivity index (χ0v) is 15.4. The first-order chi connectivity index (χ1) is 13.5. The third-order valence-electron chi connectivity index (χ3n) is 5.15. The molecule has 8 heteroatoms. The normalized spacial score (nSPS) is 16.9. The minimum atomic E-state index is -0.563. The van der Waals surface area contributed by atoms with Gasteiger partial charge in [-0.05, 0) is 43.5 Å². The van der Waals surface area contributed by atoms with Gasteiger partial charge in [-0.3, -0.25) is 9.78 Å². The molecular formula is C20H20FN5O2. The number of hydrogen-bond donors (Lipinski definition) is 2. The van der Waals surface area contributed by atoms with Gasteiger partial charge in [-0.25, -0.2) is 9.18 Å². The van der Waals surface area contributed by atoms with Crippen molar-refractivity contribution >= 4 is 5.69 Å². The fourth-order valence-electron chi connectivity index (χ4n) is 3.70. The van der Waals surface area contributed by atoms with Crippen LogP contribution < -0.4 is 16.1 Å². The van der Waals surface area contributed by atoms with Crippen LogP contribution in [-0.4, -0.2) is 33.3 Å². The van der Waals surface area contributed by atoms with Crippen molar-refractivity contribution < 1.29 is 4.39 Å². The molecule has 3 aromatic rings. The predicted molar refractivity (Wildman–Crippen MR) is 104 cm³/mol. The molecule has 1 aliphatic heterocycles. The first-order valence-electron chi connectivity index (χ1n) is 9.18. The number of H-pyrrole nitrogens is 2. The van der Waals surface area contributed by atoms with Crippen LogP contribution in [0.1, 0.15) is 30.0 Å². The number of aryl methyl sites for hydroxylation is 1. The van der Waals surface area contributed by atoms with Gasteiger partial charge >= 0.3 is 5.69 Å². The molecule has 0 spiro atoms. The molecule has 1 aliphatic rings. The van der Waals surface area contributed by atoms with Crippen molar-refractivity contribution in [3.8, 4) is 11.3 Å². The number of hydrogen-bond acceptors (Lipinski definition) is 5. The molecule has 2 aromatic heterocycles. The van der Waals surface area contributed by atoms with Crippen LogP contribution in [0.15, 0.2) is 46.1 Å². The molecule has 4 rings (SSSR count). The summed E-state index contributed by atoms with van der Waals surface area (Å²) in [5.41, 5.74) is 2.39. The molecule has 0 aliphatic carbocycles. The molecule has 0 radical (unpaired) electrons. The van der Waals surface area contributed by atoms with E-state index < -0.39 is 11.2 Å². The molecule has 144 valence electrons. The van der Waals surface area contributed by atoms with Crippen molar-refractivity contribution in [2.75, 3.05) is 18.0 Å². The number of benzene rings is 1. The topological polar surface area (TPSA) is 94.7 Å². The second-order valence-corrected chi connectivity index (χ2v) is 7.02. The van der Waals surface area contributed by atoms with Gasteiger partial charge in [0.15, 0.2) is 0 Å². The molecule has 28 heavy (non-hydrogen) atoms. The van der Waals surface area contributed by atoms with E-state index in [1.165, 1.54) is 18.3 Å².